The van der Waals surface area contributed by atoms with Gasteiger partial charge in [-0.25, -0.2) is 4.68 Å². The van der Waals surface area contributed by atoms with Gasteiger partial charge < -0.3 is 5.32 Å². The summed E-state index contributed by atoms with van der Waals surface area (Å²) in [7, 11) is 1.84. The lowest BCUT2D eigenvalue weighted by atomic mass is 9.86. The van der Waals surface area contributed by atoms with Gasteiger partial charge in [0.05, 0.1) is 11.4 Å². The van der Waals surface area contributed by atoms with E-state index >= 15 is 0 Å². The van der Waals surface area contributed by atoms with Gasteiger partial charge in [0.2, 0.25) is 5.91 Å². The van der Waals surface area contributed by atoms with E-state index in [0.717, 1.165) is 17.3 Å². The molecular formula is C20H25N3O2. The molecule has 3 atom stereocenters. The quantitative estimate of drug-likeness (QED) is 0.929. The molecule has 2 fully saturated rings. The second-order valence-corrected chi connectivity index (χ2v) is 7.62. The van der Waals surface area contributed by atoms with E-state index in [4.69, 9.17) is 0 Å². The fraction of sp³-hybridized carbons (Fsp3) is 0.500. The Kier molecular flexibility index (Phi) is 4.02. The maximum absolute atomic E-state index is 12.8. The average molecular weight is 339 g/mol. The van der Waals surface area contributed by atoms with Gasteiger partial charge in [0.15, 0.2) is 0 Å². The van der Waals surface area contributed by atoms with Gasteiger partial charge in [0.25, 0.3) is 5.56 Å². The van der Waals surface area contributed by atoms with Gasteiger partial charge in [-0.3, -0.25) is 14.3 Å². The first-order valence-corrected chi connectivity index (χ1v) is 9.18. The number of carbonyl (C=O) groups is 1. The third kappa shape index (κ3) is 2.81. The van der Waals surface area contributed by atoms with Crippen molar-refractivity contribution >= 4 is 11.6 Å². The highest BCUT2D eigenvalue weighted by molar-refractivity contribution is 5.91. The van der Waals surface area contributed by atoms with Gasteiger partial charge >= 0.3 is 0 Å². The molecule has 5 nitrogen and oxygen atoms in total. The predicted octanol–water partition coefficient (Wildman–Crippen LogP) is 3.25. The van der Waals surface area contributed by atoms with Gasteiger partial charge in [0.1, 0.15) is 5.69 Å². The van der Waals surface area contributed by atoms with Crippen molar-refractivity contribution in [3.63, 3.8) is 0 Å². The van der Waals surface area contributed by atoms with E-state index in [1.807, 2.05) is 44.3 Å². The predicted molar refractivity (Wildman–Crippen MR) is 97.9 cm³/mol. The van der Waals surface area contributed by atoms with Crippen molar-refractivity contribution in [3.8, 4) is 5.69 Å². The maximum Gasteiger partial charge on any atom is 0.295 e. The number of fused-ring (bicyclic) bond motifs is 2. The summed E-state index contributed by atoms with van der Waals surface area (Å²) in [6.45, 7) is 1.87. The van der Waals surface area contributed by atoms with Gasteiger partial charge in [0, 0.05) is 13.5 Å². The standard InChI is InChI=1S/C20H25N3O2/c1-13-19(20(25)23(22(13)2)17-6-4-3-5-7-17)21-18(24)12-16-11-14-8-9-15(16)10-14/h3-7,14-16H,8-12H2,1-2H3,(H,21,24). The van der Waals surface area contributed by atoms with E-state index in [1.165, 1.54) is 25.7 Å². The molecule has 2 bridgehead atoms. The lowest BCUT2D eigenvalue weighted by Crippen LogP contribution is -2.25. The normalized spacial score (nSPS) is 24.6. The average Bonchev–Trinajstić information content (AvgIpc) is 3.27. The molecule has 4 rings (SSSR count). The van der Waals surface area contributed by atoms with Crippen LogP contribution in [0.4, 0.5) is 5.69 Å². The monoisotopic (exact) mass is 339 g/mol. The number of nitrogens with one attached hydrogen (secondary N) is 1. The Morgan fingerprint density at radius 2 is 1.96 bits per heavy atom. The van der Waals surface area contributed by atoms with Crippen LogP contribution in [0.3, 0.4) is 0 Å². The third-order valence-electron chi connectivity index (χ3n) is 6.15. The van der Waals surface area contributed by atoms with Gasteiger partial charge in [-0.1, -0.05) is 24.6 Å². The molecule has 0 saturated heterocycles. The second kappa shape index (κ2) is 6.21. The van der Waals surface area contributed by atoms with Crippen LogP contribution in [0.25, 0.3) is 5.69 Å². The number of nitrogens with zero attached hydrogens (tertiary/aromatic N) is 2. The van der Waals surface area contributed by atoms with Crippen LogP contribution < -0.4 is 10.9 Å². The van der Waals surface area contributed by atoms with Crippen molar-refractivity contribution < 1.29 is 4.79 Å². The van der Waals surface area contributed by atoms with E-state index in [0.29, 0.717) is 23.9 Å². The van der Waals surface area contributed by atoms with E-state index in [1.54, 1.807) is 9.36 Å². The van der Waals surface area contributed by atoms with E-state index in [9.17, 15) is 9.59 Å². The van der Waals surface area contributed by atoms with Gasteiger partial charge in [-0.2, -0.15) is 0 Å². The second-order valence-electron chi connectivity index (χ2n) is 7.62. The number of benzene rings is 1. The van der Waals surface area contributed by atoms with Crippen molar-refractivity contribution in [2.75, 3.05) is 5.32 Å². The van der Waals surface area contributed by atoms with Crippen molar-refractivity contribution in [1.82, 2.24) is 9.36 Å². The molecule has 25 heavy (non-hydrogen) atoms. The minimum absolute atomic E-state index is 0.0245. The number of amides is 1. The van der Waals surface area contributed by atoms with E-state index in [-0.39, 0.29) is 11.5 Å². The zero-order valence-electron chi connectivity index (χ0n) is 14.9. The molecule has 2 saturated carbocycles. The first-order valence-electron chi connectivity index (χ1n) is 9.18. The van der Waals surface area contributed by atoms with Crippen molar-refractivity contribution in [3.05, 3.63) is 46.4 Å². The molecule has 2 aliphatic carbocycles. The van der Waals surface area contributed by atoms with Gasteiger partial charge in [-0.05, 0) is 56.1 Å². The SMILES string of the molecule is Cc1c(NC(=O)CC2CC3CCC2C3)c(=O)n(-c2ccccc2)n1C. The number of hydrogen-bond acceptors (Lipinski definition) is 2. The minimum Gasteiger partial charge on any atom is -0.320 e. The van der Waals surface area contributed by atoms with Crippen LogP contribution in [-0.4, -0.2) is 15.3 Å². The van der Waals surface area contributed by atoms with Gasteiger partial charge in [-0.15, -0.1) is 0 Å². The fourth-order valence-corrected chi connectivity index (χ4v) is 4.77. The van der Waals surface area contributed by atoms with Crippen LogP contribution in [0.1, 0.15) is 37.8 Å². The van der Waals surface area contributed by atoms with Crippen LogP contribution in [0.2, 0.25) is 0 Å². The summed E-state index contributed by atoms with van der Waals surface area (Å²) < 4.78 is 3.40. The first kappa shape index (κ1) is 16.2. The Labute approximate surface area is 147 Å². The molecular weight excluding hydrogens is 314 g/mol. The number of rotatable bonds is 4. The molecule has 0 radical (unpaired) electrons. The molecule has 2 aromatic rings. The highest BCUT2D eigenvalue weighted by Crippen LogP contribution is 2.49. The van der Waals surface area contributed by atoms with Crippen LogP contribution >= 0.6 is 0 Å². The molecule has 1 aromatic carbocycles. The zero-order chi connectivity index (χ0) is 17.6. The summed E-state index contributed by atoms with van der Waals surface area (Å²) >= 11 is 0. The van der Waals surface area contributed by atoms with Crippen LogP contribution in [-0.2, 0) is 11.8 Å². The molecule has 0 spiro atoms. The molecule has 1 heterocycles. The lowest BCUT2D eigenvalue weighted by molar-refractivity contribution is -0.117. The Hall–Kier alpha value is -2.30. The molecule has 0 aliphatic heterocycles. The highest BCUT2D eigenvalue weighted by Gasteiger charge is 2.40. The Bertz CT molecular complexity index is 850. The number of carbonyl (C=O) groups excluding carboxylic acids is 1. The van der Waals surface area contributed by atoms with Crippen LogP contribution in [0.5, 0.6) is 0 Å². The van der Waals surface area contributed by atoms with E-state index < -0.39 is 0 Å². The lowest BCUT2D eigenvalue weighted by Gasteiger charge is -2.20. The van der Waals surface area contributed by atoms with Crippen molar-refractivity contribution in [1.29, 1.82) is 0 Å². The Morgan fingerprint density at radius 3 is 2.60 bits per heavy atom. The van der Waals surface area contributed by atoms with Crippen LogP contribution in [0, 0.1) is 24.7 Å². The number of anilines is 1. The highest BCUT2D eigenvalue weighted by atomic mass is 16.2. The van der Waals surface area contributed by atoms with Crippen molar-refractivity contribution in [2.45, 2.75) is 39.0 Å². The number of para-hydroxylation sites is 1. The summed E-state index contributed by atoms with van der Waals surface area (Å²) in [6.07, 6.45) is 5.62. The summed E-state index contributed by atoms with van der Waals surface area (Å²) in [5.74, 6) is 2.02. The molecule has 1 N–H and O–H groups in total. The topological polar surface area (TPSA) is 56.0 Å². The fourth-order valence-electron chi connectivity index (χ4n) is 4.77. The molecule has 5 heteroatoms. The minimum atomic E-state index is -0.174. The summed E-state index contributed by atoms with van der Waals surface area (Å²) in [5.41, 5.74) is 1.80. The summed E-state index contributed by atoms with van der Waals surface area (Å²) in [4.78, 5) is 25.4. The molecule has 3 unspecified atom stereocenters. The van der Waals surface area contributed by atoms with Crippen molar-refractivity contribution in [2.24, 2.45) is 24.8 Å². The van der Waals surface area contributed by atoms with E-state index in [2.05, 4.69) is 5.32 Å². The smallest absolute Gasteiger partial charge is 0.295 e. The Morgan fingerprint density at radius 1 is 1.20 bits per heavy atom. The van der Waals surface area contributed by atoms with Crippen LogP contribution in [0.15, 0.2) is 35.1 Å². The summed E-state index contributed by atoms with van der Waals surface area (Å²) in [6, 6.07) is 9.50. The zero-order valence-corrected chi connectivity index (χ0v) is 14.9. The summed E-state index contributed by atoms with van der Waals surface area (Å²) in [5, 5.41) is 2.90. The maximum atomic E-state index is 12.8. The molecule has 132 valence electrons. The number of hydrogen-bond donors (Lipinski definition) is 1. The Balaban J connectivity index is 1.55. The molecule has 1 aromatic heterocycles. The molecule has 2 aliphatic rings. The number of aromatic nitrogens is 2. The third-order valence-corrected chi connectivity index (χ3v) is 6.15. The first-order chi connectivity index (χ1) is 12.0. The molecule has 1 amide bonds. The largest absolute Gasteiger partial charge is 0.320 e.